The highest BCUT2D eigenvalue weighted by molar-refractivity contribution is 9.10. The number of nitrogens with two attached hydrogens (primary N) is 1. The second-order valence-corrected chi connectivity index (χ2v) is 5.14. The zero-order chi connectivity index (χ0) is 13.1. The second-order valence-electron chi connectivity index (χ2n) is 4.23. The van der Waals surface area contributed by atoms with E-state index in [-0.39, 0.29) is 6.04 Å². The average Bonchev–Trinajstić information content (AvgIpc) is 2.87. The van der Waals surface area contributed by atoms with E-state index in [2.05, 4.69) is 44.9 Å². The van der Waals surface area contributed by atoms with Crippen molar-refractivity contribution in [1.29, 1.82) is 0 Å². The van der Waals surface area contributed by atoms with Gasteiger partial charge in [-0.2, -0.15) is 4.98 Å². The number of nitrogens with zero attached hydrogens (tertiary/aromatic N) is 3. The van der Waals surface area contributed by atoms with Crippen molar-refractivity contribution in [2.45, 2.75) is 26.3 Å². The molecule has 18 heavy (non-hydrogen) atoms. The molecule has 0 aromatic carbocycles. The fourth-order valence-electron chi connectivity index (χ4n) is 1.48. The number of rotatable bonds is 4. The van der Waals surface area contributed by atoms with Crippen LogP contribution in [0.4, 0.5) is 0 Å². The van der Waals surface area contributed by atoms with E-state index in [0.717, 1.165) is 10.9 Å². The predicted molar refractivity (Wildman–Crippen MR) is 71.6 cm³/mol. The lowest BCUT2D eigenvalue weighted by atomic mass is 10.0. The van der Waals surface area contributed by atoms with Gasteiger partial charge in [-0.1, -0.05) is 25.4 Å². The van der Waals surface area contributed by atoms with Crippen molar-refractivity contribution < 1.29 is 4.52 Å². The summed E-state index contributed by atoms with van der Waals surface area (Å²) in [4.78, 5) is 8.51. The SMILES string of the molecule is CC[C@H](C)[C@H](N)c1nc(-c2ccc(Br)cn2)no1. The maximum atomic E-state index is 6.04. The lowest BCUT2D eigenvalue weighted by Crippen LogP contribution is -2.18. The van der Waals surface area contributed by atoms with Crippen molar-refractivity contribution in [3.8, 4) is 11.5 Å². The van der Waals surface area contributed by atoms with E-state index < -0.39 is 0 Å². The Bertz CT molecular complexity index is 511. The molecule has 0 spiro atoms. The Morgan fingerprint density at radius 3 is 2.83 bits per heavy atom. The molecular weight excluding hydrogens is 296 g/mol. The summed E-state index contributed by atoms with van der Waals surface area (Å²) in [6.45, 7) is 4.14. The maximum absolute atomic E-state index is 6.04. The van der Waals surface area contributed by atoms with Crippen molar-refractivity contribution in [3.05, 3.63) is 28.7 Å². The topological polar surface area (TPSA) is 77.8 Å². The summed E-state index contributed by atoms with van der Waals surface area (Å²) < 4.78 is 6.10. The molecule has 0 radical (unpaired) electrons. The molecule has 5 nitrogen and oxygen atoms in total. The Morgan fingerprint density at radius 2 is 2.22 bits per heavy atom. The Hall–Kier alpha value is -1.27. The number of hydrogen-bond acceptors (Lipinski definition) is 5. The summed E-state index contributed by atoms with van der Waals surface area (Å²) in [5, 5.41) is 3.91. The highest BCUT2D eigenvalue weighted by atomic mass is 79.9. The molecule has 0 aliphatic rings. The Morgan fingerprint density at radius 1 is 1.44 bits per heavy atom. The molecule has 0 aliphatic carbocycles. The summed E-state index contributed by atoms with van der Waals surface area (Å²) in [7, 11) is 0. The lowest BCUT2D eigenvalue weighted by molar-refractivity contribution is 0.312. The highest BCUT2D eigenvalue weighted by Gasteiger charge is 2.20. The van der Waals surface area contributed by atoms with Crippen molar-refractivity contribution in [2.24, 2.45) is 11.7 Å². The molecule has 0 fully saturated rings. The second kappa shape index (κ2) is 5.58. The summed E-state index contributed by atoms with van der Waals surface area (Å²) in [6.07, 6.45) is 2.66. The summed E-state index contributed by atoms with van der Waals surface area (Å²) in [6, 6.07) is 3.48. The fourth-order valence-corrected chi connectivity index (χ4v) is 1.71. The van der Waals surface area contributed by atoms with E-state index in [1.807, 2.05) is 12.1 Å². The van der Waals surface area contributed by atoms with Crippen LogP contribution < -0.4 is 5.73 Å². The largest absolute Gasteiger partial charge is 0.337 e. The monoisotopic (exact) mass is 310 g/mol. The molecule has 0 saturated carbocycles. The van der Waals surface area contributed by atoms with Crippen LogP contribution in [0.5, 0.6) is 0 Å². The maximum Gasteiger partial charge on any atom is 0.244 e. The molecule has 0 amide bonds. The summed E-state index contributed by atoms with van der Waals surface area (Å²) >= 11 is 3.33. The number of hydrogen-bond donors (Lipinski definition) is 1. The fraction of sp³-hybridized carbons (Fsp3) is 0.417. The van der Waals surface area contributed by atoms with Gasteiger partial charge < -0.3 is 10.3 Å². The first-order valence-electron chi connectivity index (χ1n) is 5.83. The Labute approximate surface area is 114 Å². The van der Waals surface area contributed by atoms with Crippen molar-refractivity contribution in [3.63, 3.8) is 0 Å². The molecule has 2 aromatic heterocycles. The molecule has 2 aromatic rings. The zero-order valence-electron chi connectivity index (χ0n) is 10.3. The number of halogens is 1. The third kappa shape index (κ3) is 2.76. The van der Waals surface area contributed by atoms with Crippen molar-refractivity contribution in [2.75, 3.05) is 0 Å². The highest BCUT2D eigenvalue weighted by Crippen LogP contribution is 2.23. The van der Waals surface area contributed by atoms with Crippen LogP contribution in [-0.2, 0) is 0 Å². The predicted octanol–water partition coefficient (Wildman–Crippen LogP) is 2.94. The van der Waals surface area contributed by atoms with Crippen LogP contribution >= 0.6 is 15.9 Å². The number of pyridine rings is 1. The lowest BCUT2D eigenvalue weighted by Gasteiger charge is -2.12. The van der Waals surface area contributed by atoms with Gasteiger partial charge in [-0.05, 0) is 34.0 Å². The third-order valence-electron chi connectivity index (χ3n) is 2.94. The van der Waals surface area contributed by atoms with E-state index in [1.165, 1.54) is 0 Å². The van der Waals surface area contributed by atoms with Gasteiger partial charge in [0.15, 0.2) is 0 Å². The van der Waals surface area contributed by atoms with Gasteiger partial charge in [-0.15, -0.1) is 0 Å². The van der Waals surface area contributed by atoms with Gasteiger partial charge in [0, 0.05) is 10.7 Å². The summed E-state index contributed by atoms with van der Waals surface area (Å²) in [5.41, 5.74) is 6.71. The Kier molecular flexibility index (Phi) is 4.08. The minimum atomic E-state index is -0.230. The minimum absolute atomic E-state index is 0.230. The first kappa shape index (κ1) is 13.2. The van der Waals surface area contributed by atoms with Crippen LogP contribution in [0, 0.1) is 5.92 Å². The molecule has 0 saturated heterocycles. The van der Waals surface area contributed by atoms with Crippen LogP contribution in [0.15, 0.2) is 27.3 Å². The smallest absolute Gasteiger partial charge is 0.244 e. The van der Waals surface area contributed by atoms with Crippen molar-refractivity contribution >= 4 is 15.9 Å². The van der Waals surface area contributed by atoms with Crippen LogP contribution in [0.25, 0.3) is 11.5 Å². The van der Waals surface area contributed by atoms with E-state index in [0.29, 0.717) is 23.3 Å². The molecule has 6 heteroatoms. The quantitative estimate of drug-likeness (QED) is 0.939. The van der Waals surface area contributed by atoms with Crippen LogP contribution in [0.1, 0.15) is 32.2 Å². The van der Waals surface area contributed by atoms with E-state index >= 15 is 0 Å². The van der Waals surface area contributed by atoms with E-state index in [1.54, 1.807) is 6.20 Å². The van der Waals surface area contributed by atoms with E-state index in [4.69, 9.17) is 10.3 Å². The number of aromatic nitrogens is 3. The molecule has 2 N–H and O–H groups in total. The first-order valence-corrected chi connectivity index (χ1v) is 6.62. The normalized spacial score (nSPS) is 14.4. The molecule has 0 bridgehead atoms. The summed E-state index contributed by atoms with van der Waals surface area (Å²) in [5.74, 6) is 1.23. The van der Waals surface area contributed by atoms with Crippen molar-refractivity contribution in [1.82, 2.24) is 15.1 Å². The van der Waals surface area contributed by atoms with Crippen LogP contribution in [0.2, 0.25) is 0 Å². The minimum Gasteiger partial charge on any atom is -0.337 e. The standard InChI is InChI=1S/C12H15BrN4O/c1-3-7(2)10(14)12-16-11(17-18-12)9-5-4-8(13)6-15-9/h4-7,10H,3,14H2,1-2H3/t7-,10-/m0/s1. The first-order chi connectivity index (χ1) is 8.61. The van der Waals surface area contributed by atoms with Crippen LogP contribution in [0.3, 0.4) is 0 Å². The van der Waals surface area contributed by atoms with Gasteiger partial charge in [0.1, 0.15) is 5.69 Å². The molecule has 2 heterocycles. The van der Waals surface area contributed by atoms with Gasteiger partial charge >= 0.3 is 0 Å². The molecule has 0 unspecified atom stereocenters. The van der Waals surface area contributed by atoms with Gasteiger partial charge in [-0.3, -0.25) is 4.98 Å². The zero-order valence-corrected chi connectivity index (χ0v) is 11.9. The van der Waals surface area contributed by atoms with Gasteiger partial charge in [0.25, 0.3) is 0 Å². The molecule has 2 rings (SSSR count). The Balaban J connectivity index is 2.22. The van der Waals surface area contributed by atoms with Gasteiger partial charge in [0.05, 0.1) is 6.04 Å². The molecule has 96 valence electrons. The molecule has 0 aliphatic heterocycles. The van der Waals surface area contributed by atoms with Gasteiger partial charge in [-0.25, -0.2) is 0 Å². The molecular formula is C12H15BrN4O. The van der Waals surface area contributed by atoms with Gasteiger partial charge in [0.2, 0.25) is 11.7 Å². The van der Waals surface area contributed by atoms with Crippen LogP contribution in [-0.4, -0.2) is 15.1 Å². The molecule has 2 atom stereocenters. The average molecular weight is 311 g/mol. The van der Waals surface area contributed by atoms with E-state index in [9.17, 15) is 0 Å². The third-order valence-corrected chi connectivity index (χ3v) is 3.41.